The third-order valence-electron chi connectivity index (χ3n) is 4.31. The molecule has 0 spiro atoms. The van der Waals surface area contributed by atoms with Gasteiger partial charge in [0.1, 0.15) is 0 Å². The molecule has 1 radical (unpaired) electrons. The Bertz CT molecular complexity index is 1010. The van der Waals surface area contributed by atoms with Crippen LogP contribution in [0.15, 0.2) is 59.9 Å². The number of aliphatic hydroxyl groups excluding tert-OH is 1. The number of fused-ring (bicyclic) bond motifs is 1. The molecule has 30 heavy (non-hydrogen) atoms. The van der Waals surface area contributed by atoms with Gasteiger partial charge in [-0.1, -0.05) is 58.9 Å². The van der Waals surface area contributed by atoms with Crippen LogP contribution >= 0.6 is 0 Å². The molecule has 0 bridgehead atoms. The van der Waals surface area contributed by atoms with Crippen molar-refractivity contribution >= 4 is 10.9 Å². The van der Waals surface area contributed by atoms with E-state index in [0.29, 0.717) is 11.5 Å². The number of allylic oxidation sites excluding steroid dienone is 3. The van der Waals surface area contributed by atoms with Crippen molar-refractivity contribution in [2.75, 3.05) is 0 Å². The minimum Gasteiger partial charge on any atom is -0.531 e. The molecule has 0 fully saturated rings. The van der Waals surface area contributed by atoms with Crippen LogP contribution in [0, 0.1) is 32.4 Å². The Kier molecular flexibility index (Phi) is 10.2. The van der Waals surface area contributed by atoms with Crippen LogP contribution in [0.5, 0.6) is 0 Å². The molecule has 0 unspecified atom stereocenters. The minimum absolute atomic E-state index is 0. The fourth-order valence-electron chi connectivity index (χ4n) is 3.35. The molecule has 0 saturated carbocycles. The fourth-order valence-corrected chi connectivity index (χ4v) is 3.35. The molecule has 2 nitrogen and oxygen atoms in total. The van der Waals surface area contributed by atoms with Crippen molar-refractivity contribution in [1.29, 1.82) is 0 Å². The Morgan fingerprint density at radius 2 is 1.83 bits per heavy atom. The minimum atomic E-state index is 0. The molecule has 1 N–H and O–H groups in total. The standard InChI is InChI=1S/C21H22N.C6H9O.Ir/c1-14(2)10-17-6-5-7-21-19(17)8-9-20(22-21)18-12-15(3)11-16(4)13-18;1-5(2)4-6(3)7;/h5-9,11-12,14H,10H2,1-4H3;1,4,7H,2-3H3;/q2*-1;/b;6-4-;. The average molecular weight is 578 g/mol. The summed E-state index contributed by atoms with van der Waals surface area (Å²) in [4.78, 5) is 4.86. The Balaban J connectivity index is 0.000000489. The van der Waals surface area contributed by atoms with Gasteiger partial charge in [-0.05, 0) is 36.6 Å². The summed E-state index contributed by atoms with van der Waals surface area (Å²) < 4.78 is 0. The molecule has 161 valence electrons. The van der Waals surface area contributed by atoms with Crippen LogP contribution in [0.1, 0.15) is 44.4 Å². The molecular weight excluding hydrogens is 547 g/mol. The molecule has 1 heterocycles. The number of aromatic nitrogens is 1. The number of pyridine rings is 1. The second-order valence-corrected chi connectivity index (χ2v) is 8.06. The van der Waals surface area contributed by atoms with Crippen molar-refractivity contribution in [2.24, 2.45) is 5.92 Å². The van der Waals surface area contributed by atoms with Crippen molar-refractivity contribution in [3.05, 3.63) is 89.2 Å². The van der Waals surface area contributed by atoms with E-state index in [4.69, 9.17) is 16.7 Å². The summed E-state index contributed by atoms with van der Waals surface area (Å²) in [6.45, 7) is 17.2. The molecule has 3 heteroatoms. The summed E-state index contributed by atoms with van der Waals surface area (Å²) >= 11 is 0. The van der Waals surface area contributed by atoms with Gasteiger partial charge in [0.2, 0.25) is 0 Å². The molecule has 0 aliphatic rings. The second kappa shape index (κ2) is 11.8. The third-order valence-corrected chi connectivity index (χ3v) is 4.31. The largest absolute Gasteiger partial charge is 0.531 e. The van der Waals surface area contributed by atoms with E-state index in [1.165, 1.54) is 22.6 Å². The van der Waals surface area contributed by atoms with Crippen LogP contribution in [0.3, 0.4) is 0 Å². The SMILES string of the molecule is Cc1[c-]c(-c2ccc3c(CC(C)C)cccc3n2)cc(C)c1.[CH-]=C(C)/C=C(/C)O.[Ir]. The molecule has 0 amide bonds. The van der Waals surface area contributed by atoms with Crippen LogP contribution in [-0.4, -0.2) is 10.1 Å². The number of hydrogen-bond donors (Lipinski definition) is 1. The van der Waals surface area contributed by atoms with E-state index in [9.17, 15) is 0 Å². The molecule has 0 saturated heterocycles. The first kappa shape index (κ1) is 25.8. The molecule has 1 aromatic heterocycles. The molecular formula is C27H31IrNO-2. The number of hydrogen-bond acceptors (Lipinski definition) is 2. The van der Waals surface area contributed by atoms with Crippen LogP contribution < -0.4 is 0 Å². The first-order valence-electron chi connectivity index (χ1n) is 10.0. The van der Waals surface area contributed by atoms with E-state index >= 15 is 0 Å². The van der Waals surface area contributed by atoms with Gasteiger partial charge in [-0.25, -0.2) is 5.57 Å². The zero-order valence-electron chi connectivity index (χ0n) is 18.7. The summed E-state index contributed by atoms with van der Waals surface area (Å²) in [5.41, 5.74) is 7.57. The predicted octanol–water partition coefficient (Wildman–Crippen LogP) is 7.34. The maximum atomic E-state index is 8.48. The molecule has 3 aromatic rings. The topological polar surface area (TPSA) is 33.1 Å². The summed E-state index contributed by atoms with van der Waals surface area (Å²) in [6.07, 6.45) is 2.59. The number of rotatable bonds is 4. The van der Waals surface area contributed by atoms with E-state index < -0.39 is 0 Å². The van der Waals surface area contributed by atoms with Crippen LogP contribution in [0.25, 0.3) is 22.2 Å². The van der Waals surface area contributed by atoms with Crippen molar-refractivity contribution in [3.63, 3.8) is 0 Å². The van der Waals surface area contributed by atoms with Crippen LogP contribution in [0.2, 0.25) is 0 Å². The number of aliphatic hydroxyl groups is 1. The zero-order valence-corrected chi connectivity index (χ0v) is 21.1. The maximum absolute atomic E-state index is 8.48. The van der Waals surface area contributed by atoms with Crippen LogP contribution in [0.4, 0.5) is 0 Å². The van der Waals surface area contributed by atoms with Gasteiger partial charge in [-0.3, -0.25) is 11.6 Å². The van der Waals surface area contributed by atoms with Gasteiger partial charge in [0.25, 0.3) is 0 Å². The van der Waals surface area contributed by atoms with E-state index in [-0.39, 0.29) is 25.9 Å². The van der Waals surface area contributed by atoms with Crippen molar-refractivity contribution in [3.8, 4) is 11.3 Å². The Hall–Kier alpha value is -2.22. The fraction of sp³-hybridized carbons (Fsp3) is 0.296. The molecule has 0 atom stereocenters. The molecule has 3 rings (SSSR count). The van der Waals surface area contributed by atoms with E-state index in [2.05, 4.69) is 76.2 Å². The van der Waals surface area contributed by atoms with Crippen molar-refractivity contribution in [1.82, 2.24) is 4.98 Å². The van der Waals surface area contributed by atoms with Gasteiger partial charge >= 0.3 is 0 Å². The summed E-state index contributed by atoms with van der Waals surface area (Å²) in [5.74, 6) is 0.901. The monoisotopic (exact) mass is 578 g/mol. The second-order valence-electron chi connectivity index (χ2n) is 8.06. The van der Waals surface area contributed by atoms with E-state index in [0.717, 1.165) is 28.8 Å². The number of aryl methyl sites for hydroxylation is 2. The predicted molar refractivity (Wildman–Crippen MR) is 124 cm³/mol. The van der Waals surface area contributed by atoms with Gasteiger partial charge in [0, 0.05) is 31.3 Å². The van der Waals surface area contributed by atoms with Gasteiger partial charge in [-0.15, -0.1) is 34.9 Å². The third kappa shape index (κ3) is 7.89. The quantitative estimate of drug-likeness (QED) is 0.200. The smallest absolute Gasteiger partial charge is 0.0598 e. The number of nitrogens with zero attached hydrogens (tertiary/aromatic N) is 1. The first-order chi connectivity index (χ1) is 13.7. The summed E-state index contributed by atoms with van der Waals surface area (Å²) in [7, 11) is 0. The number of benzene rings is 2. The maximum Gasteiger partial charge on any atom is 0.0598 e. The van der Waals surface area contributed by atoms with Gasteiger partial charge in [-0.2, -0.15) is 6.08 Å². The van der Waals surface area contributed by atoms with Gasteiger partial charge < -0.3 is 5.11 Å². The Morgan fingerprint density at radius 1 is 1.13 bits per heavy atom. The van der Waals surface area contributed by atoms with E-state index in [1.54, 1.807) is 13.8 Å². The van der Waals surface area contributed by atoms with Gasteiger partial charge in [0.05, 0.1) is 5.52 Å². The average Bonchev–Trinajstić information content (AvgIpc) is 2.59. The molecule has 2 aromatic carbocycles. The van der Waals surface area contributed by atoms with Crippen molar-refractivity contribution < 1.29 is 25.2 Å². The summed E-state index contributed by atoms with van der Waals surface area (Å²) in [6, 6.07) is 18.5. The Morgan fingerprint density at radius 3 is 2.37 bits per heavy atom. The van der Waals surface area contributed by atoms with Crippen molar-refractivity contribution in [2.45, 2.75) is 48.0 Å². The first-order valence-corrected chi connectivity index (χ1v) is 10.0. The summed E-state index contributed by atoms with van der Waals surface area (Å²) in [5, 5.41) is 9.75. The zero-order chi connectivity index (χ0) is 21.6. The molecule has 0 aliphatic carbocycles. The van der Waals surface area contributed by atoms with Crippen LogP contribution in [-0.2, 0) is 26.5 Å². The van der Waals surface area contributed by atoms with E-state index in [1.807, 2.05) is 0 Å². The normalized spacial score (nSPS) is 11.0. The Labute approximate surface area is 195 Å². The van der Waals surface area contributed by atoms with Gasteiger partial charge in [0.15, 0.2) is 0 Å². The molecule has 0 aliphatic heterocycles.